The fourth-order valence-corrected chi connectivity index (χ4v) is 2.49. The largest absolute Gasteiger partial charge is 0.458 e. The minimum Gasteiger partial charge on any atom is -0.458 e. The first-order valence-corrected chi connectivity index (χ1v) is 6.82. The Hall–Kier alpha value is -1.43. The molecule has 1 aliphatic carbocycles. The number of hydrogen-bond donors (Lipinski definition) is 0. The number of rotatable bonds is 5. The normalized spacial score (nSPS) is 16.5. The highest BCUT2D eigenvalue weighted by molar-refractivity contribution is 5.88. The van der Waals surface area contributed by atoms with Gasteiger partial charge in [-0.1, -0.05) is 24.5 Å². The summed E-state index contributed by atoms with van der Waals surface area (Å²) >= 11 is 0. The van der Waals surface area contributed by atoms with Crippen molar-refractivity contribution in [1.29, 1.82) is 0 Å². The van der Waals surface area contributed by atoms with Gasteiger partial charge in [-0.3, -0.25) is 0 Å². The fraction of sp³-hybridized carbons (Fsp3) is 0.769. The van der Waals surface area contributed by atoms with Crippen LogP contribution < -0.4 is 0 Å². The summed E-state index contributed by atoms with van der Waals surface area (Å²) in [7, 11) is 1.57. The van der Waals surface area contributed by atoms with Crippen LogP contribution in [0.1, 0.15) is 54.3 Å². The molecule has 0 spiro atoms. The molecule has 0 bridgehead atoms. The molecule has 0 saturated heterocycles. The number of methoxy groups -OCH3 is 1. The molecule has 0 aliphatic heterocycles. The van der Waals surface area contributed by atoms with Crippen molar-refractivity contribution >= 4 is 5.97 Å². The maximum Gasteiger partial charge on any atom is 0.360 e. The van der Waals surface area contributed by atoms with Crippen molar-refractivity contribution in [3.05, 3.63) is 11.4 Å². The number of nitrogens with zero attached hydrogens (tertiary/aromatic N) is 3. The van der Waals surface area contributed by atoms with Gasteiger partial charge in [-0.25, -0.2) is 9.48 Å². The van der Waals surface area contributed by atoms with Crippen molar-refractivity contribution in [2.24, 2.45) is 0 Å². The van der Waals surface area contributed by atoms with E-state index in [-0.39, 0.29) is 6.61 Å². The van der Waals surface area contributed by atoms with Gasteiger partial charge in [0.1, 0.15) is 6.61 Å². The topological polar surface area (TPSA) is 66.2 Å². The summed E-state index contributed by atoms with van der Waals surface area (Å²) in [5.74, 6) is -0.420. The molecule has 1 heterocycles. The summed E-state index contributed by atoms with van der Waals surface area (Å²) in [4.78, 5) is 11.8. The molecule has 0 atom stereocenters. The van der Waals surface area contributed by atoms with E-state index < -0.39 is 5.97 Å². The molecule has 1 aromatic heterocycles. The number of hydrogen-bond acceptors (Lipinski definition) is 5. The van der Waals surface area contributed by atoms with Crippen molar-refractivity contribution in [2.75, 3.05) is 20.3 Å². The maximum atomic E-state index is 11.8. The average molecular weight is 267 g/mol. The smallest absolute Gasteiger partial charge is 0.360 e. The lowest BCUT2D eigenvalue weighted by molar-refractivity contribution is 0.0380. The Morgan fingerprint density at radius 2 is 2.05 bits per heavy atom. The Kier molecular flexibility index (Phi) is 4.90. The van der Waals surface area contributed by atoms with E-state index in [0.717, 1.165) is 18.5 Å². The molecule has 6 heteroatoms. The van der Waals surface area contributed by atoms with Crippen molar-refractivity contribution in [2.45, 2.75) is 45.1 Å². The first-order chi connectivity index (χ1) is 9.24. The molecule has 1 aliphatic rings. The molecule has 1 fully saturated rings. The van der Waals surface area contributed by atoms with E-state index in [1.807, 2.05) is 11.6 Å². The molecule has 2 rings (SSSR count). The summed E-state index contributed by atoms with van der Waals surface area (Å²) in [6, 6.07) is 0.377. The van der Waals surface area contributed by atoms with Gasteiger partial charge in [-0.15, -0.1) is 5.10 Å². The predicted molar refractivity (Wildman–Crippen MR) is 69.0 cm³/mol. The van der Waals surface area contributed by atoms with E-state index in [2.05, 4.69) is 10.3 Å². The van der Waals surface area contributed by atoms with E-state index in [4.69, 9.17) is 9.47 Å². The number of esters is 1. The summed E-state index contributed by atoms with van der Waals surface area (Å²) in [5.41, 5.74) is 1.12. The van der Waals surface area contributed by atoms with Gasteiger partial charge in [0.05, 0.1) is 18.3 Å². The van der Waals surface area contributed by atoms with E-state index in [0.29, 0.717) is 18.3 Å². The van der Waals surface area contributed by atoms with Gasteiger partial charge in [0, 0.05) is 7.11 Å². The minimum absolute atomic E-state index is 0.241. The highest BCUT2D eigenvalue weighted by Gasteiger charge is 2.23. The first-order valence-electron chi connectivity index (χ1n) is 6.82. The Bertz CT molecular complexity index is 425. The average Bonchev–Trinajstić information content (AvgIpc) is 2.82. The van der Waals surface area contributed by atoms with Crippen LogP contribution in [-0.4, -0.2) is 41.3 Å². The van der Waals surface area contributed by atoms with Crippen LogP contribution in [0.5, 0.6) is 0 Å². The minimum atomic E-state index is -0.420. The zero-order chi connectivity index (χ0) is 13.7. The lowest BCUT2D eigenvalue weighted by Crippen LogP contribution is -2.16. The van der Waals surface area contributed by atoms with Crippen molar-refractivity contribution in [1.82, 2.24) is 15.0 Å². The molecule has 0 unspecified atom stereocenters. The lowest BCUT2D eigenvalue weighted by atomic mass is 9.95. The van der Waals surface area contributed by atoms with Crippen LogP contribution in [0, 0.1) is 6.92 Å². The summed E-state index contributed by atoms with van der Waals surface area (Å²) in [6.07, 6.45) is 5.95. The van der Waals surface area contributed by atoms with Crippen molar-refractivity contribution < 1.29 is 14.3 Å². The highest BCUT2D eigenvalue weighted by atomic mass is 16.6. The Morgan fingerprint density at radius 1 is 1.32 bits per heavy atom. The number of carbonyl (C=O) groups is 1. The molecule has 6 nitrogen and oxygen atoms in total. The van der Waals surface area contributed by atoms with Crippen LogP contribution in [0.25, 0.3) is 0 Å². The van der Waals surface area contributed by atoms with Gasteiger partial charge in [0.25, 0.3) is 0 Å². The second kappa shape index (κ2) is 6.65. The number of aromatic nitrogens is 3. The third-order valence-corrected chi connectivity index (χ3v) is 3.56. The highest BCUT2D eigenvalue weighted by Crippen LogP contribution is 2.28. The molecule has 0 N–H and O–H groups in total. The van der Waals surface area contributed by atoms with Crippen molar-refractivity contribution in [3.63, 3.8) is 0 Å². The Balaban J connectivity index is 2.02. The Morgan fingerprint density at radius 3 is 2.74 bits per heavy atom. The molecule has 1 saturated carbocycles. The number of carbonyl (C=O) groups excluding carboxylic acids is 1. The van der Waals surface area contributed by atoms with Crippen LogP contribution >= 0.6 is 0 Å². The van der Waals surface area contributed by atoms with Gasteiger partial charge >= 0.3 is 5.97 Å². The second-order valence-electron chi connectivity index (χ2n) is 4.89. The molecular formula is C13H21N3O3. The first kappa shape index (κ1) is 14.0. The monoisotopic (exact) mass is 267 g/mol. The Labute approximate surface area is 113 Å². The van der Waals surface area contributed by atoms with Crippen LogP contribution in [0.15, 0.2) is 0 Å². The molecule has 0 radical (unpaired) electrons. The van der Waals surface area contributed by atoms with Crippen LogP contribution in [0.3, 0.4) is 0 Å². The van der Waals surface area contributed by atoms with Crippen LogP contribution in [0.2, 0.25) is 0 Å². The predicted octanol–water partition coefficient (Wildman–Crippen LogP) is 1.89. The standard InChI is InChI=1S/C13H21N3O3/c1-10-12(13(17)19-9-8-18-2)14-15-16(10)11-6-4-3-5-7-11/h11H,3-9H2,1-2H3. The van der Waals surface area contributed by atoms with E-state index >= 15 is 0 Å². The van der Waals surface area contributed by atoms with Gasteiger partial charge < -0.3 is 9.47 Å². The van der Waals surface area contributed by atoms with Crippen LogP contribution in [0.4, 0.5) is 0 Å². The van der Waals surface area contributed by atoms with E-state index in [9.17, 15) is 4.79 Å². The fourth-order valence-electron chi connectivity index (χ4n) is 2.49. The summed E-state index contributed by atoms with van der Waals surface area (Å²) < 4.78 is 11.8. The zero-order valence-corrected chi connectivity index (χ0v) is 11.6. The maximum absolute atomic E-state index is 11.8. The van der Waals surface area contributed by atoms with Gasteiger partial charge in [-0.2, -0.15) is 0 Å². The SMILES string of the molecule is COCCOC(=O)c1nnn(C2CCCCC2)c1C. The van der Waals surface area contributed by atoms with Gasteiger partial charge in [0.2, 0.25) is 0 Å². The molecule has 19 heavy (non-hydrogen) atoms. The summed E-state index contributed by atoms with van der Waals surface area (Å²) in [5, 5.41) is 8.09. The van der Waals surface area contributed by atoms with E-state index in [1.54, 1.807) is 7.11 Å². The molecule has 1 aromatic rings. The second-order valence-corrected chi connectivity index (χ2v) is 4.89. The zero-order valence-electron chi connectivity index (χ0n) is 11.6. The molecule has 0 aromatic carbocycles. The van der Waals surface area contributed by atoms with Crippen molar-refractivity contribution in [3.8, 4) is 0 Å². The molecule has 106 valence electrons. The molecular weight excluding hydrogens is 246 g/mol. The van der Waals surface area contributed by atoms with Crippen LogP contribution in [-0.2, 0) is 9.47 Å². The quantitative estimate of drug-likeness (QED) is 0.602. The lowest BCUT2D eigenvalue weighted by Gasteiger charge is -2.22. The summed E-state index contributed by atoms with van der Waals surface area (Å²) in [6.45, 7) is 2.51. The van der Waals surface area contributed by atoms with E-state index in [1.165, 1.54) is 19.3 Å². The van der Waals surface area contributed by atoms with Gasteiger partial charge in [0.15, 0.2) is 5.69 Å². The molecule has 0 amide bonds. The third-order valence-electron chi connectivity index (χ3n) is 3.56. The third kappa shape index (κ3) is 3.32. The van der Waals surface area contributed by atoms with Gasteiger partial charge in [-0.05, 0) is 19.8 Å². The number of ether oxygens (including phenoxy) is 2.